The average molecular weight is 583 g/mol. The third-order valence-corrected chi connectivity index (χ3v) is 8.54. The minimum atomic E-state index is -0.417. The predicted octanol–water partition coefficient (Wildman–Crippen LogP) is 4.10. The number of anilines is 1. The Morgan fingerprint density at radius 3 is 2.57 bits per heavy atom. The monoisotopic (exact) mass is 582 g/mol. The molecule has 0 N–H and O–H groups in total. The van der Waals surface area contributed by atoms with Crippen LogP contribution in [0.25, 0.3) is 0 Å². The highest BCUT2D eigenvalue weighted by Crippen LogP contribution is 2.33. The van der Waals surface area contributed by atoms with E-state index >= 15 is 0 Å². The SMILES string of the molecule is COC(CN(C)C(=O)CCOCCc1cccc(CN2CCC3(CC2)CN(c2cc(C(C)C)ccn2)CCO3)c1)OC. The summed E-state index contributed by atoms with van der Waals surface area (Å²) in [5.41, 5.74) is 3.83. The number of morpholine rings is 1. The van der Waals surface area contributed by atoms with Crippen LogP contribution in [-0.2, 0) is 36.7 Å². The molecule has 2 saturated heterocycles. The summed E-state index contributed by atoms with van der Waals surface area (Å²) in [6.07, 6.45) is 4.76. The number of hydrogen-bond acceptors (Lipinski definition) is 8. The third kappa shape index (κ3) is 9.22. The predicted molar refractivity (Wildman–Crippen MR) is 165 cm³/mol. The topological polar surface area (TPSA) is 76.6 Å². The smallest absolute Gasteiger partial charge is 0.224 e. The van der Waals surface area contributed by atoms with Crippen LogP contribution in [0.3, 0.4) is 0 Å². The number of pyridine rings is 1. The fraction of sp³-hybridized carbons (Fsp3) is 0.636. The first-order valence-electron chi connectivity index (χ1n) is 15.3. The molecule has 0 atom stereocenters. The molecule has 2 aliphatic heterocycles. The van der Waals surface area contributed by atoms with Gasteiger partial charge in [0, 0.05) is 60.2 Å². The molecular weight excluding hydrogens is 532 g/mol. The lowest BCUT2D eigenvalue weighted by molar-refractivity contribution is -0.143. The first kappa shape index (κ1) is 32.4. The van der Waals surface area contributed by atoms with E-state index in [0.29, 0.717) is 32.1 Å². The van der Waals surface area contributed by atoms with Crippen molar-refractivity contribution in [1.29, 1.82) is 0 Å². The summed E-state index contributed by atoms with van der Waals surface area (Å²) in [6.45, 7) is 11.4. The molecule has 0 radical (unpaired) electrons. The zero-order valence-electron chi connectivity index (χ0n) is 26.2. The molecular formula is C33H50N4O5. The lowest BCUT2D eigenvalue weighted by atomic mass is 9.89. The van der Waals surface area contributed by atoms with Crippen molar-refractivity contribution in [2.45, 2.75) is 63.9 Å². The van der Waals surface area contributed by atoms with Crippen molar-refractivity contribution >= 4 is 11.7 Å². The number of carbonyl (C=O) groups is 1. The summed E-state index contributed by atoms with van der Waals surface area (Å²) in [4.78, 5) is 23.6. The van der Waals surface area contributed by atoms with Gasteiger partial charge in [-0.05, 0) is 54.0 Å². The van der Waals surface area contributed by atoms with E-state index in [9.17, 15) is 4.79 Å². The lowest BCUT2D eigenvalue weighted by Crippen LogP contribution is -2.57. The van der Waals surface area contributed by atoms with Crippen molar-refractivity contribution in [3.63, 3.8) is 0 Å². The Labute approximate surface area is 252 Å². The van der Waals surface area contributed by atoms with Crippen LogP contribution in [0, 0.1) is 0 Å². The summed E-state index contributed by atoms with van der Waals surface area (Å²) in [7, 11) is 4.89. The molecule has 0 bridgehead atoms. The summed E-state index contributed by atoms with van der Waals surface area (Å²) in [5.74, 6) is 1.59. The zero-order valence-corrected chi connectivity index (χ0v) is 26.2. The van der Waals surface area contributed by atoms with Gasteiger partial charge in [0.25, 0.3) is 0 Å². The number of piperidine rings is 1. The maximum atomic E-state index is 12.3. The Bertz CT molecular complexity index is 1120. The Kier molecular flexibility index (Phi) is 12.2. The molecule has 9 nitrogen and oxygen atoms in total. The number of hydrogen-bond donors (Lipinski definition) is 0. The number of rotatable bonds is 14. The van der Waals surface area contributed by atoms with Crippen molar-refractivity contribution in [2.24, 2.45) is 0 Å². The molecule has 2 aromatic rings. The number of likely N-dealkylation sites (tertiary alicyclic amines) is 1. The maximum Gasteiger partial charge on any atom is 0.224 e. The van der Waals surface area contributed by atoms with Crippen LogP contribution in [0.2, 0.25) is 0 Å². The molecule has 2 aliphatic rings. The second kappa shape index (κ2) is 15.8. The average Bonchev–Trinajstić information content (AvgIpc) is 3.01. The van der Waals surface area contributed by atoms with Crippen molar-refractivity contribution < 1.29 is 23.7 Å². The number of nitrogens with zero attached hydrogens (tertiary/aromatic N) is 4. The van der Waals surface area contributed by atoms with E-state index in [0.717, 1.165) is 64.4 Å². The highest BCUT2D eigenvalue weighted by atomic mass is 16.7. The van der Waals surface area contributed by atoms with Gasteiger partial charge in [0.05, 0.1) is 38.4 Å². The number of ether oxygens (including phenoxy) is 4. The van der Waals surface area contributed by atoms with Gasteiger partial charge < -0.3 is 28.7 Å². The van der Waals surface area contributed by atoms with Gasteiger partial charge in [-0.3, -0.25) is 9.69 Å². The van der Waals surface area contributed by atoms with Gasteiger partial charge in [0.1, 0.15) is 5.82 Å². The maximum absolute atomic E-state index is 12.3. The van der Waals surface area contributed by atoms with Crippen LogP contribution in [0.4, 0.5) is 5.82 Å². The lowest BCUT2D eigenvalue weighted by Gasteiger charge is -2.47. The minimum absolute atomic E-state index is 0.0164. The quantitative estimate of drug-likeness (QED) is 0.244. The summed E-state index contributed by atoms with van der Waals surface area (Å²) in [6, 6.07) is 13.2. The van der Waals surface area contributed by atoms with E-state index in [1.165, 1.54) is 16.7 Å². The molecule has 4 rings (SSSR count). The van der Waals surface area contributed by atoms with Gasteiger partial charge in [-0.25, -0.2) is 4.98 Å². The standard InChI is InChI=1S/C33H50N4O5/c1-26(2)29-9-14-34-30(22-29)37-17-20-42-33(25-37)12-15-36(16-13-33)23-28-8-6-7-27(21-28)10-18-41-19-11-31(38)35(3)24-32(39-4)40-5/h6-9,14,21-22,26,32H,10-13,15-20,23-25H2,1-5H3. The molecule has 1 spiro atoms. The Balaban J connectivity index is 1.18. The second-order valence-corrected chi connectivity index (χ2v) is 11.9. The Morgan fingerprint density at radius 2 is 1.83 bits per heavy atom. The number of amides is 1. The van der Waals surface area contributed by atoms with Gasteiger partial charge in [0.15, 0.2) is 6.29 Å². The van der Waals surface area contributed by atoms with E-state index in [1.807, 2.05) is 6.20 Å². The van der Waals surface area contributed by atoms with E-state index < -0.39 is 6.29 Å². The highest BCUT2D eigenvalue weighted by molar-refractivity contribution is 5.75. The molecule has 232 valence electrons. The first-order valence-corrected chi connectivity index (χ1v) is 15.3. The van der Waals surface area contributed by atoms with Crippen LogP contribution in [0.15, 0.2) is 42.6 Å². The molecule has 9 heteroatoms. The first-order chi connectivity index (χ1) is 20.3. The van der Waals surface area contributed by atoms with Crippen LogP contribution >= 0.6 is 0 Å². The summed E-state index contributed by atoms with van der Waals surface area (Å²) >= 11 is 0. The molecule has 42 heavy (non-hydrogen) atoms. The third-order valence-electron chi connectivity index (χ3n) is 8.54. The molecule has 3 heterocycles. The molecule has 0 saturated carbocycles. The van der Waals surface area contributed by atoms with Gasteiger partial charge in [-0.15, -0.1) is 0 Å². The van der Waals surface area contributed by atoms with E-state index in [1.54, 1.807) is 26.2 Å². The fourth-order valence-corrected chi connectivity index (χ4v) is 5.78. The van der Waals surface area contributed by atoms with Crippen molar-refractivity contribution in [3.05, 3.63) is 59.3 Å². The van der Waals surface area contributed by atoms with Gasteiger partial charge in [-0.2, -0.15) is 0 Å². The molecule has 2 fully saturated rings. The Hall–Kier alpha value is -2.56. The van der Waals surface area contributed by atoms with Crippen LogP contribution in [0.5, 0.6) is 0 Å². The summed E-state index contributed by atoms with van der Waals surface area (Å²) in [5, 5.41) is 0. The number of carbonyl (C=O) groups excluding carboxylic acids is 1. The van der Waals surface area contributed by atoms with E-state index in [2.05, 4.69) is 65.0 Å². The largest absolute Gasteiger partial charge is 0.381 e. The zero-order chi connectivity index (χ0) is 30.0. The fourth-order valence-electron chi connectivity index (χ4n) is 5.78. The molecule has 1 aromatic carbocycles. The number of aromatic nitrogens is 1. The highest BCUT2D eigenvalue weighted by Gasteiger charge is 2.40. The molecule has 1 aromatic heterocycles. The molecule has 1 amide bonds. The minimum Gasteiger partial charge on any atom is -0.381 e. The molecule has 0 unspecified atom stereocenters. The van der Waals surface area contributed by atoms with Crippen LogP contribution in [0.1, 0.15) is 55.7 Å². The Morgan fingerprint density at radius 1 is 1.07 bits per heavy atom. The van der Waals surface area contributed by atoms with E-state index in [-0.39, 0.29) is 11.5 Å². The normalized spacial score (nSPS) is 17.4. The van der Waals surface area contributed by atoms with Crippen molar-refractivity contribution in [1.82, 2.24) is 14.8 Å². The van der Waals surface area contributed by atoms with Crippen LogP contribution < -0.4 is 4.90 Å². The van der Waals surface area contributed by atoms with Crippen molar-refractivity contribution in [3.8, 4) is 0 Å². The van der Waals surface area contributed by atoms with Crippen molar-refractivity contribution in [2.75, 3.05) is 78.7 Å². The number of methoxy groups -OCH3 is 2. The van der Waals surface area contributed by atoms with Crippen LogP contribution in [-0.4, -0.2) is 106 Å². The number of likely N-dealkylation sites (N-methyl/N-ethyl adjacent to an activating group) is 1. The molecule has 0 aliphatic carbocycles. The van der Waals surface area contributed by atoms with E-state index in [4.69, 9.17) is 18.9 Å². The second-order valence-electron chi connectivity index (χ2n) is 11.9. The van der Waals surface area contributed by atoms with Gasteiger partial charge in [0.2, 0.25) is 5.91 Å². The van der Waals surface area contributed by atoms with Gasteiger partial charge in [-0.1, -0.05) is 38.1 Å². The summed E-state index contributed by atoms with van der Waals surface area (Å²) < 4.78 is 22.5. The number of benzene rings is 1. The van der Waals surface area contributed by atoms with Gasteiger partial charge >= 0.3 is 0 Å².